The molecule has 3 fully saturated rings. The van der Waals surface area contributed by atoms with Gasteiger partial charge < -0.3 is 10.6 Å². The Hall–Kier alpha value is -0.650. The van der Waals surface area contributed by atoms with Gasteiger partial charge in [-0.2, -0.15) is 0 Å². The van der Waals surface area contributed by atoms with Crippen LogP contribution in [0.4, 0.5) is 0 Å². The molecule has 108 valence electrons. The number of likely N-dealkylation sites (N-methyl/N-ethyl adjacent to an activating group) is 1. The molecule has 5 nitrogen and oxygen atoms in total. The first-order valence-corrected chi connectivity index (χ1v) is 7.78. The van der Waals surface area contributed by atoms with Crippen molar-refractivity contribution >= 4 is 5.91 Å². The fraction of sp³-hybridized carbons (Fsp3) is 0.929. The lowest BCUT2D eigenvalue weighted by Crippen LogP contribution is -2.61. The van der Waals surface area contributed by atoms with Crippen LogP contribution in [0, 0.1) is 0 Å². The van der Waals surface area contributed by atoms with Crippen molar-refractivity contribution in [3.05, 3.63) is 0 Å². The Morgan fingerprint density at radius 2 is 2.11 bits per heavy atom. The molecule has 1 amide bonds. The van der Waals surface area contributed by atoms with E-state index in [9.17, 15) is 4.79 Å². The topological polar surface area (TPSA) is 47.6 Å². The third-order valence-electron chi connectivity index (χ3n) is 4.67. The largest absolute Gasteiger partial charge is 0.355 e. The van der Waals surface area contributed by atoms with Gasteiger partial charge in [-0.3, -0.25) is 14.6 Å². The molecular formula is C14H26N4O. The van der Waals surface area contributed by atoms with Crippen LogP contribution in [0.3, 0.4) is 0 Å². The Morgan fingerprint density at radius 3 is 2.84 bits per heavy atom. The van der Waals surface area contributed by atoms with Gasteiger partial charge in [0, 0.05) is 51.4 Å². The number of hydrogen-bond donors (Lipinski definition) is 2. The van der Waals surface area contributed by atoms with Crippen molar-refractivity contribution in [1.29, 1.82) is 0 Å². The van der Waals surface area contributed by atoms with Crippen molar-refractivity contribution in [2.45, 2.75) is 44.3 Å². The minimum Gasteiger partial charge on any atom is -0.355 e. The molecule has 0 aromatic heterocycles. The molecule has 2 aliphatic heterocycles. The van der Waals surface area contributed by atoms with Gasteiger partial charge in [-0.1, -0.05) is 0 Å². The van der Waals surface area contributed by atoms with E-state index in [2.05, 4.69) is 20.4 Å². The lowest BCUT2D eigenvalue weighted by molar-refractivity contribution is -0.127. The van der Waals surface area contributed by atoms with Crippen LogP contribution in [0.5, 0.6) is 0 Å². The fourth-order valence-corrected chi connectivity index (χ4v) is 3.50. The monoisotopic (exact) mass is 266 g/mol. The fourth-order valence-electron chi connectivity index (χ4n) is 3.50. The highest BCUT2D eigenvalue weighted by Gasteiger charge is 2.40. The van der Waals surface area contributed by atoms with Crippen LogP contribution in [0.15, 0.2) is 0 Å². The maximum absolute atomic E-state index is 12.2. The highest BCUT2D eigenvalue weighted by Crippen LogP contribution is 2.31. The third kappa shape index (κ3) is 2.93. The molecule has 0 aromatic carbocycles. The summed E-state index contributed by atoms with van der Waals surface area (Å²) in [6.45, 7) is 7.92. The Labute approximate surface area is 115 Å². The number of nitrogens with zero attached hydrogens (tertiary/aromatic N) is 2. The van der Waals surface area contributed by atoms with Gasteiger partial charge in [0.05, 0.1) is 0 Å². The van der Waals surface area contributed by atoms with E-state index in [0.29, 0.717) is 6.04 Å². The first-order valence-electron chi connectivity index (χ1n) is 7.78. The minimum atomic E-state index is 0.0258. The van der Waals surface area contributed by atoms with Gasteiger partial charge in [-0.05, 0) is 26.2 Å². The molecule has 19 heavy (non-hydrogen) atoms. The number of amides is 1. The van der Waals surface area contributed by atoms with E-state index in [0.717, 1.165) is 32.2 Å². The molecule has 2 unspecified atom stereocenters. The summed E-state index contributed by atoms with van der Waals surface area (Å²) < 4.78 is 0. The van der Waals surface area contributed by atoms with Crippen LogP contribution < -0.4 is 10.6 Å². The zero-order valence-corrected chi connectivity index (χ0v) is 11.9. The van der Waals surface area contributed by atoms with Crippen LogP contribution in [-0.2, 0) is 4.79 Å². The first-order chi connectivity index (χ1) is 9.29. The van der Waals surface area contributed by atoms with Crippen molar-refractivity contribution < 1.29 is 4.79 Å². The third-order valence-corrected chi connectivity index (χ3v) is 4.67. The van der Waals surface area contributed by atoms with E-state index in [1.54, 1.807) is 0 Å². The molecule has 1 saturated carbocycles. The van der Waals surface area contributed by atoms with Crippen LogP contribution in [0.25, 0.3) is 0 Å². The number of piperazine rings is 1. The average molecular weight is 266 g/mol. The predicted octanol–water partition coefficient (Wildman–Crippen LogP) is -0.367. The number of nitrogens with one attached hydrogen (secondary N) is 2. The molecule has 0 radical (unpaired) electrons. The second-order valence-electron chi connectivity index (χ2n) is 6.02. The Kier molecular flexibility index (Phi) is 4.05. The number of carbonyl (C=O) groups is 1. The summed E-state index contributed by atoms with van der Waals surface area (Å²) in [6, 6.07) is 1.46. The van der Waals surface area contributed by atoms with Gasteiger partial charge in [0.1, 0.15) is 6.04 Å². The first kappa shape index (κ1) is 13.3. The predicted molar refractivity (Wildman–Crippen MR) is 75.0 cm³/mol. The standard InChI is InChI=1S/C14H26N4O/c1-2-16-14(19)13-9-15-6-8-18(13)12-5-7-17(10-12)11-3-4-11/h11-13,15H,2-10H2,1H3,(H,16,19). The number of hydrogen-bond acceptors (Lipinski definition) is 4. The van der Waals surface area contributed by atoms with Crippen molar-refractivity contribution in [2.75, 3.05) is 39.3 Å². The van der Waals surface area contributed by atoms with Gasteiger partial charge in [0.25, 0.3) is 0 Å². The molecule has 5 heteroatoms. The SMILES string of the molecule is CCNC(=O)C1CNCCN1C1CCN(C2CC2)C1. The second kappa shape index (κ2) is 5.77. The lowest BCUT2D eigenvalue weighted by Gasteiger charge is -2.39. The van der Waals surface area contributed by atoms with Crippen molar-refractivity contribution in [1.82, 2.24) is 20.4 Å². The second-order valence-corrected chi connectivity index (χ2v) is 6.02. The number of likely N-dealkylation sites (tertiary alicyclic amines) is 1. The highest BCUT2D eigenvalue weighted by atomic mass is 16.2. The summed E-state index contributed by atoms with van der Waals surface area (Å²) in [6.07, 6.45) is 3.99. The van der Waals surface area contributed by atoms with Crippen LogP contribution >= 0.6 is 0 Å². The number of rotatable bonds is 4. The summed E-state index contributed by atoms with van der Waals surface area (Å²) in [5, 5.41) is 6.34. The van der Waals surface area contributed by atoms with E-state index in [4.69, 9.17) is 0 Å². The summed E-state index contributed by atoms with van der Waals surface area (Å²) in [4.78, 5) is 17.3. The van der Waals surface area contributed by atoms with Gasteiger partial charge in [0.15, 0.2) is 0 Å². The molecule has 0 spiro atoms. The average Bonchev–Trinajstić information content (AvgIpc) is 3.17. The zero-order valence-electron chi connectivity index (χ0n) is 11.9. The Morgan fingerprint density at radius 1 is 1.26 bits per heavy atom. The van der Waals surface area contributed by atoms with E-state index >= 15 is 0 Å². The van der Waals surface area contributed by atoms with Gasteiger partial charge in [-0.15, -0.1) is 0 Å². The van der Waals surface area contributed by atoms with Gasteiger partial charge >= 0.3 is 0 Å². The molecular weight excluding hydrogens is 240 g/mol. The molecule has 2 N–H and O–H groups in total. The lowest BCUT2D eigenvalue weighted by atomic mass is 10.1. The minimum absolute atomic E-state index is 0.0258. The van der Waals surface area contributed by atoms with E-state index in [1.165, 1.54) is 32.4 Å². The summed E-state index contributed by atoms with van der Waals surface area (Å²) in [5.74, 6) is 0.194. The quantitative estimate of drug-likeness (QED) is 0.729. The maximum atomic E-state index is 12.2. The molecule has 3 rings (SSSR count). The van der Waals surface area contributed by atoms with Crippen molar-refractivity contribution in [3.8, 4) is 0 Å². The Balaban J connectivity index is 1.61. The maximum Gasteiger partial charge on any atom is 0.238 e. The van der Waals surface area contributed by atoms with Crippen LogP contribution in [0.1, 0.15) is 26.2 Å². The van der Waals surface area contributed by atoms with Crippen LogP contribution in [-0.4, -0.2) is 73.1 Å². The zero-order chi connectivity index (χ0) is 13.2. The van der Waals surface area contributed by atoms with E-state index in [-0.39, 0.29) is 11.9 Å². The van der Waals surface area contributed by atoms with Crippen molar-refractivity contribution in [3.63, 3.8) is 0 Å². The smallest absolute Gasteiger partial charge is 0.238 e. The Bertz CT molecular complexity index is 331. The molecule has 0 aromatic rings. The van der Waals surface area contributed by atoms with Crippen LogP contribution in [0.2, 0.25) is 0 Å². The summed E-state index contributed by atoms with van der Waals surface area (Å²) >= 11 is 0. The molecule has 1 aliphatic carbocycles. The highest BCUT2D eigenvalue weighted by molar-refractivity contribution is 5.82. The van der Waals surface area contributed by atoms with E-state index < -0.39 is 0 Å². The summed E-state index contributed by atoms with van der Waals surface area (Å²) in [5.41, 5.74) is 0. The van der Waals surface area contributed by atoms with E-state index in [1.807, 2.05) is 6.92 Å². The summed E-state index contributed by atoms with van der Waals surface area (Å²) in [7, 11) is 0. The molecule has 2 atom stereocenters. The molecule has 3 aliphatic rings. The van der Waals surface area contributed by atoms with Crippen molar-refractivity contribution in [2.24, 2.45) is 0 Å². The van der Waals surface area contributed by atoms with Gasteiger partial charge in [0.2, 0.25) is 5.91 Å². The molecule has 2 heterocycles. The normalized spacial score (nSPS) is 33.5. The molecule has 0 bridgehead atoms. The van der Waals surface area contributed by atoms with Gasteiger partial charge in [-0.25, -0.2) is 0 Å². The number of carbonyl (C=O) groups excluding carboxylic acids is 1. The molecule has 2 saturated heterocycles.